The van der Waals surface area contributed by atoms with E-state index in [1.54, 1.807) is 12.1 Å². The highest BCUT2D eigenvalue weighted by Gasteiger charge is 2.34. The van der Waals surface area contributed by atoms with Crippen LogP contribution in [0.25, 0.3) is 10.8 Å². The molecule has 162 valence electrons. The Hall–Kier alpha value is -3.06. The van der Waals surface area contributed by atoms with Gasteiger partial charge >= 0.3 is 0 Å². The monoisotopic (exact) mass is 438 g/mol. The molecular formula is C24H26N2O4S. The van der Waals surface area contributed by atoms with E-state index in [1.165, 1.54) is 9.87 Å². The highest BCUT2D eigenvalue weighted by molar-refractivity contribution is 7.93. The third-order valence-electron chi connectivity index (χ3n) is 5.46. The summed E-state index contributed by atoms with van der Waals surface area (Å²) in [6.45, 7) is 5.07. The molecule has 3 aromatic rings. The van der Waals surface area contributed by atoms with Crippen LogP contribution in [0.5, 0.6) is 5.75 Å². The SMILES string of the molecule is Cc1ccc(OCCNC(=O)CCCN2c3cccc4cccc(c34)S2(=O)=O)c(C)c1. The molecular weight excluding hydrogens is 412 g/mol. The van der Waals surface area contributed by atoms with Gasteiger partial charge in [0.2, 0.25) is 5.91 Å². The van der Waals surface area contributed by atoms with Gasteiger partial charge in [0.25, 0.3) is 10.0 Å². The highest BCUT2D eigenvalue weighted by Crippen LogP contribution is 2.41. The van der Waals surface area contributed by atoms with Gasteiger partial charge in [0.05, 0.1) is 17.1 Å². The predicted octanol–water partition coefficient (Wildman–Crippen LogP) is 3.94. The van der Waals surface area contributed by atoms with Gasteiger partial charge in [-0.1, -0.05) is 42.0 Å². The molecule has 1 aliphatic heterocycles. The van der Waals surface area contributed by atoms with Gasteiger partial charge < -0.3 is 10.1 Å². The van der Waals surface area contributed by atoms with Crippen LogP contribution in [0.15, 0.2) is 59.5 Å². The lowest BCUT2D eigenvalue weighted by molar-refractivity contribution is -0.121. The number of hydrogen-bond acceptors (Lipinski definition) is 4. The van der Waals surface area contributed by atoms with Crippen molar-refractivity contribution in [3.63, 3.8) is 0 Å². The smallest absolute Gasteiger partial charge is 0.265 e. The zero-order valence-corrected chi connectivity index (χ0v) is 18.5. The number of rotatable bonds is 8. The van der Waals surface area contributed by atoms with Crippen LogP contribution in [0.1, 0.15) is 24.0 Å². The van der Waals surface area contributed by atoms with Crippen LogP contribution >= 0.6 is 0 Å². The Kier molecular flexibility index (Phi) is 5.87. The fraction of sp³-hybridized carbons (Fsp3) is 0.292. The first-order valence-corrected chi connectivity index (χ1v) is 11.8. The summed E-state index contributed by atoms with van der Waals surface area (Å²) in [6, 6.07) is 16.9. The first kappa shape index (κ1) is 21.2. The second-order valence-electron chi connectivity index (χ2n) is 7.78. The van der Waals surface area contributed by atoms with Gasteiger partial charge in [0, 0.05) is 18.4 Å². The maximum atomic E-state index is 12.9. The van der Waals surface area contributed by atoms with Gasteiger partial charge in [-0.3, -0.25) is 9.10 Å². The molecule has 0 atom stereocenters. The number of nitrogens with zero attached hydrogens (tertiary/aromatic N) is 1. The third kappa shape index (κ3) is 4.23. The Morgan fingerprint density at radius 1 is 1.06 bits per heavy atom. The number of anilines is 1. The fourth-order valence-electron chi connectivity index (χ4n) is 3.98. The van der Waals surface area contributed by atoms with Crippen molar-refractivity contribution < 1.29 is 17.9 Å². The average molecular weight is 439 g/mol. The number of aryl methyl sites for hydroxylation is 2. The number of amides is 1. The van der Waals surface area contributed by atoms with Gasteiger partial charge in [-0.2, -0.15) is 0 Å². The molecule has 0 fully saturated rings. The van der Waals surface area contributed by atoms with Crippen LogP contribution in [-0.2, 0) is 14.8 Å². The Morgan fingerprint density at radius 3 is 2.61 bits per heavy atom. The summed E-state index contributed by atoms with van der Waals surface area (Å²) >= 11 is 0. The largest absolute Gasteiger partial charge is 0.491 e. The maximum Gasteiger partial charge on any atom is 0.265 e. The Balaban J connectivity index is 1.27. The number of hydrogen-bond donors (Lipinski definition) is 1. The molecule has 6 nitrogen and oxygen atoms in total. The minimum absolute atomic E-state index is 0.114. The van der Waals surface area contributed by atoms with Crippen LogP contribution in [0.4, 0.5) is 5.69 Å². The van der Waals surface area contributed by atoms with Crippen molar-refractivity contribution in [2.24, 2.45) is 0 Å². The van der Waals surface area contributed by atoms with Crippen molar-refractivity contribution in [3.05, 3.63) is 65.7 Å². The minimum Gasteiger partial charge on any atom is -0.491 e. The minimum atomic E-state index is -3.57. The van der Waals surface area contributed by atoms with E-state index in [2.05, 4.69) is 11.4 Å². The van der Waals surface area contributed by atoms with E-state index in [0.29, 0.717) is 30.2 Å². The lowest BCUT2D eigenvalue weighted by Crippen LogP contribution is -2.31. The molecule has 0 unspecified atom stereocenters. The molecule has 0 aromatic heterocycles. The zero-order valence-electron chi connectivity index (χ0n) is 17.7. The van der Waals surface area contributed by atoms with Crippen molar-refractivity contribution in [2.75, 3.05) is 24.0 Å². The van der Waals surface area contributed by atoms with Gasteiger partial charge in [-0.15, -0.1) is 0 Å². The summed E-state index contributed by atoms with van der Waals surface area (Å²) in [7, 11) is -3.57. The molecule has 1 N–H and O–H groups in total. The molecule has 0 saturated heterocycles. The zero-order chi connectivity index (χ0) is 22.0. The highest BCUT2D eigenvalue weighted by atomic mass is 32.2. The normalized spacial score (nSPS) is 14.1. The quantitative estimate of drug-likeness (QED) is 0.541. The van der Waals surface area contributed by atoms with E-state index >= 15 is 0 Å². The summed E-state index contributed by atoms with van der Waals surface area (Å²) in [5.74, 6) is 0.698. The number of benzene rings is 3. The Bertz CT molecular complexity index is 1230. The first-order chi connectivity index (χ1) is 14.9. The summed E-state index contributed by atoms with van der Waals surface area (Å²) in [4.78, 5) is 12.5. The molecule has 1 heterocycles. The lowest BCUT2D eigenvalue weighted by atomic mass is 10.1. The van der Waals surface area contributed by atoms with E-state index in [1.807, 2.05) is 50.2 Å². The molecule has 4 rings (SSSR count). The molecule has 0 aliphatic carbocycles. The summed E-state index contributed by atoms with van der Waals surface area (Å²) in [5, 5.41) is 4.50. The Labute approximate surface area is 182 Å². The summed E-state index contributed by atoms with van der Waals surface area (Å²) in [6.07, 6.45) is 0.690. The molecule has 0 radical (unpaired) electrons. The third-order valence-corrected chi connectivity index (χ3v) is 7.31. The number of carbonyl (C=O) groups excluding carboxylic acids is 1. The number of nitrogens with one attached hydrogen (secondary N) is 1. The number of ether oxygens (including phenoxy) is 1. The second-order valence-corrected chi connectivity index (χ2v) is 9.61. The van der Waals surface area contributed by atoms with Crippen LogP contribution in [0, 0.1) is 13.8 Å². The molecule has 7 heteroatoms. The molecule has 0 saturated carbocycles. The molecule has 3 aromatic carbocycles. The second kappa shape index (κ2) is 8.59. The lowest BCUT2D eigenvalue weighted by Gasteiger charge is -2.18. The first-order valence-electron chi connectivity index (χ1n) is 10.4. The summed E-state index contributed by atoms with van der Waals surface area (Å²) < 4.78 is 33.0. The fourth-order valence-corrected chi connectivity index (χ4v) is 5.73. The molecule has 0 bridgehead atoms. The summed E-state index contributed by atoms with van der Waals surface area (Å²) in [5.41, 5.74) is 2.93. The van der Waals surface area contributed by atoms with Crippen molar-refractivity contribution in [3.8, 4) is 5.75 Å². The van der Waals surface area contributed by atoms with Crippen LogP contribution in [0.2, 0.25) is 0 Å². The standard InChI is InChI=1S/C24H26N2O4S/c1-17-11-12-21(18(2)16-17)30-15-13-25-23(27)10-5-14-26-20-8-3-6-19-7-4-9-22(24(19)20)31(26,28)29/h3-4,6-9,11-12,16H,5,10,13-15H2,1-2H3,(H,25,27). The van der Waals surface area contributed by atoms with E-state index in [-0.39, 0.29) is 18.9 Å². The average Bonchev–Trinajstić information content (AvgIpc) is 2.96. The van der Waals surface area contributed by atoms with E-state index in [9.17, 15) is 13.2 Å². The van der Waals surface area contributed by atoms with Crippen LogP contribution in [-0.4, -0.2) is 34.0 Å². The molecule has 1 amide bonds. The number of carbonyl (C=O) groups is 1. The van der Waals surface area contributed by atoms with Crippen LogP contribution < -0.4 is 14.4 Å². The van der Waals surface area contributed by atoms with E-state index in [4.69, 9.17) is 4.74 Å². The topological polar surface area (TPSA) is 75.7 Å². The number of sulfonamides is 1. The van der Waals surface area contributed by atoms with Crippen molar-refractivity contribution in [1.82, 2.24) is 5.32 Å². The molecule has 1 aliphatic rings. The van der Waals surface area contributed by atoms with Gasteiger partial charge in [0.1, 0.15) is 12.4 Å². The molecule has 31 heavy (non-hydrogen) atoms. The maximum absolute atomic E-state index is 12.9. The van der Waals surface area contributed by atoms with Crippen molar-refractivity contribution >= 4 is 32.4 Å². The van der Waals surface area contributed by atoms with Gasteiger partial charge in [-0.25, -0.2) is 8.42 Å². The van der Waals surface area contributed by atoms with E-state index in [0.717, 1.165) is 22.1 Å². The Morgan fingerprint density at radius 2 is 1.84 bits per heavy atom. The predicted molar refractivity (Wildman–Crippen MR) is 122 cm³/mol. The molecule has 0 spiro atoms. The van der Waals surface area contributed by atoms with Gasteiger partial charge in [0.15, 0.2) is 0 Å². The van der Waals surface area contributed by atoms with Crippen molar-refractivity contribution in [2.45, 2.75) is 31.6 Å². The van der Waals surface area contributed by atoms with Gasteiger partial charge in [-0.05, 0) is 49.4 Å². The van der Waals surface area contributed by atoms with Crippen LogP contribution in [0.3, 0.4) is 0 Å². The van der Waals surface area contributed by atoms with E-state index < -0.39 is 10.0 Å². The van der Waals surface area contributed by atoms with Crippen molar-refractivity contribution in [1.29, 1.82) is 0 Å².